The Morgan fingerprint density at radius 2 is 1.74 bits per heavy atom. The molecule has 0 heterocycles. The van der Waals surface area contributed by atoms with Gasteiger partial charge in [0, 0.05) is 22.9 Å². The number of carbonyl (C=O) groups is 2. The van der Waals surface area contributed by atoms with E-state index >= 15 is 0 Å². The van der Waals surface area contributed by atoms with Crippen molar-refractivity contribution in [2.45, 2.75) is 46.1 Å². The second-order valence-corrected chi connectivity index (χ2v) is 6.54. The topological polar surface area (TPSA) is 67.4 Å². The van der Waals surface area contributed by atoms with Crippen molar-refractivity contribution < 1.29 is 14.3 Å². The predicted molar refractivity (Wildman–Crippen MR) is 108 cm³/mol. The van der Waals surface area contributed by atoms with Gasteiger partial charge in [-0.1, -0.05) is 26.3 Å². The van der Waals surface area contributed by atoms with E-state index in [1.54, 1.807) is 42.5 Å². The molecule has 5 nitrogen and oxygen atoms in total. The summed E-state index contributed by atoms with van der Waals surface area (Å²) >= 11 is 0. The summed E-state index contributed by atoms with van der Waals surface area (Å²) in [5.74, 6) is 0.361. The van der Waals surface area contributed by atoms with Crippen LogP contribution < -0.4 is 15.4 Å². The maximum Gasteiger partial charge on any atom is 0.255 e. The number of unbranched alkanes of at least 4 members (excludes halogenated alkanes) is 1. The first-order valence-electron chi connectivity index (χ1n) is 9.48. The molecule has 27 heavy (non-hydrogen) atoms. The third-order valence-corrected chi connectivity index (χ3v) is 4.26. The fourth-order valence-electron chi connectivity index (χ4n) is 2.38. The van der Waals surface area contributed by atoms with Crippen LogP contribution in [0.1, 0.15) is 60.7 Å². The van der Waals surface area contributed by atoms with Gasteiger partial charge < -0.3 is 15.4 Å². The van der Waals surface area contributed by atoms with Crippen LogP contribution in [-0.2, 0) is 0 Å². The van der Waals surface area contributed by atoms with Gasteiger partial charge in [0.05, 0.1) is 6.61 Å². The highest BCUT2D eigenvalue weighted by Gasteiger charge is 2.10. The molecule has 0 aliphatic rings. The molecule has 0 bridgehead atoms. The van der Waals surface area contributed by atoms with E-state index in [0.717, 1.165) is 19.3 Å². The van der Waals surface area contributed by atoms with Crippen LogP contribution in [0.3, 0.4) is 0 Å². The van der Waals surface area contributed by atoms with E-state index in [0.29, 0.717) is 29.2 Å². The van der Waals surface area contributed by atoms with E-state index in [9.17, 15) is 9.59 Å². The average Bonchev–Trinajstić information content (AvgIpc) is 2.68. The first-order chi connectivity index (χ1) is 13.0. The molecule has 1 unspecified atom stereocenters. The summed E-state index contributed by atoms with van der Waals surface area (Å²) in [4.78, 5) is 24.6. The fourth-order valence-corrected chi connectivity index (χ4v) is 2.38. The summed E-state index contributed by atoms with van der Waals surface area (Å²) in [7, 11) is 0. The Kier molecular flexibility index (Phi) is 7.86. The number of hydrogen-bond donors (Lipinski definition) is 2. The summed E-state index contributed by atoms with van der Waals surface area (Å²) in [6, 6.07) is 14.1. The summed E-state index contributed by atoms with van der Waals surface area (Å²) in [6.45, 7) is 6.73. The Morgan fingerprint density at radius 3 is 2.41 bits per heavy atom. The minimum atomic E-state index is -0.215. The zero-order chi connectivity index (χ0) is 19.6. The smallest absolute Gasteiger partial charge is 0.255 e. The van der Waals surface area contributed by atoms with Gasteiger partial charge in [0.2, 0.25) is 0 Å². The van der Waals surface area contributed by atoms with E-state index in [1.807, 2.05) is 19.9 Å². The second kappa shape index (κ2) is 10.4. The maximum atomic E-state index is 12.5. The number of rotatable bonds is 9. The lowest BCUT2D eigenvalue weighted by molar-refractivity contribution is 0.0938. The van der Waals surface area contributed by atoms with Gasteiger partial charge in [-0.25, -0.2) is 0 Å². The van der Waals surface area contributed by atoms with Crippen LogP contribution in [0, 0.1) is 0 Å². The first-order valence-corrected chi connectivity index (χ1v) is 9.48. The van der Waals surface area contributed by atoms with E-state index in [2.05, 4.69) is 17.6 Å². The van der Waals surface area contributed by atoms with Gasteiger partial charge in [-0.05, 0) is 62.2 Å². The quantitative estimate of drug-likeness (QED) is 0.633. The monoisotopic (exact) mass is 368 g/mol. The van der Waals surface area contributed by atoms with E-state index in [1.165, 1.54) is 0 Å². The fraction of sp³-hybridized carbons (Fsp3) is 0.364. The first kappa shape index (κ1) is 20.5. The van der Waals surface area contributed by atoms with Crippen molar-refractivity contribution in [3.05, 3.63) is 59.7 Å². The molecular formula is C22H28N2O3. The minimum absolute atomic E-state index is 0.112. The molecular weight excluding hydrogens is 340 g/mol. The van der Waals surface area contributed by atoms with E-state index in [4.69, 9.17) is 4.74 Å². The Bertz CT molecular complexity index is 756. The average molecular weight is 368 g/mol. The SMILES string of the molecule is CCCCOc1cccc(C(=O)Nc2ccc(C(=O)NC(C)CC)cc2)c1. The van der Waals surface area contributed by atoms with E-state index < -0.39 is 0 Å². The molecule has 2 aromatic rings. The molecule has 0 aromatic heterocycles. The molecule has 2 N–H and O–H groups in total. The highest BCUT2D eigenvalue weighted by Crippen LogP contribution is 2.16. The van der Waals surface area contributed by atoms with Crippen LogP contribution in [-0.4, -0.2) is 24.5 Å². The highest BCUT2D eigenvalue weighted by molar-refractivity contribution is 6.04. The molecule has 0 spiro atoms. The second-order valence-electron chi connectivity index (χ2n) is 6.54. The van der Waals surface area contributed by atoms with Crippen molar-refractivity contribution in [2.75, 3.05) is 11.9 Å². The standard InChI is InChI=1S/C22H28N2O3/c1-4-6-14-27-20-9-7-8-18(15-20)22(26)24-19-12-10-17(11-13-19)21(25)23-16(3)5-2/h7-13,15-16H,4-6,14H2,1-3H3,(H,23,25)(H,24,26). The summed E-state index contributed by atoms with van der Waals surface area (Å²) < 4.78 is 5.65. The zero-order valence-corrected chi connectivity index (χ0v) is 16.2. The number of hydrogen-bond acceptors (Lipinski definition) is 3. The molecule has 0 radical (unpaired) electrons. The minimum Gasteiger partial charge on any atom is -0.494 e. The van der Waals surface area contributed by atoms with Crippen molar-refractivity contribution in [1.29, 1.82) is 0 Å². The molecule has 0 saturated carbocycles. The number of ether oxygens (including phenoxy) is 1. The molecule has 144 valence electrons. The normalized spacial score (nSPS) is 11.5. The summed E-state index contributed by atoms with van der Waals surface area (Å²) in [5, 5.41) is 5.76. The Hall–Kier alpha value is -2.82. The summed E-state index contributed by atoms with van der Waals surface area (Å²) in [5.41, 5.74) is 1.74. The van der Waals surface area contributed by atoms with Crippen LogP contribution in [0.4, 0.5) is 5.69 Å². The van der Waals surface area contributed by atoms with Crippen LogP contribution in [0.5, 0.6) is 5.75 Å². The predicted octanol–water partition coefficient (Wildman–Crippen LogP) is 4.65. The van der Waals surface area contributed by atoms with Crippen molar-refractivity contribution in [2.24, 2.45) is 0 Å². The van der Waals surface area contributed by atoms with E-state index in [-0.39, 0.29) is 17.9 Å². The largest absolute Gasteiger partial charge is 0.494 e. The van der Waals surface area contributed by atoms with Gasteiger partial charge in [0.25, 0.3) is 11.8 Å². The maximum absolute atomic E-state index is 12.5. The molecule has 2 amide bonds. The Balaban J connectivity index is 1.97. The highest BCUT2D eigenvalue weighted by atomic mass is 16.5. The van der Waals surface area contributed by atoms with Gasteiger partial charge in [-0.2, -0.15) is 0 Å². The molecule has 2 aromatic carbocycles. The number of carbonyl (C=O) groups excluding carboxylic acids is 2. The van der Waals surface area contributed by atoms with Crippen molar-refractivity contribution in [3.8, 4) is 5.75 Å². The van der Waals surface area contributed by atoms with Crippen molar-refractivity contribution in [1.82, 2.24) is 5.32 Å². The molecule has 0 fully saturated rings. The van der Waals surface area contributed by atoms with Crippen LogP contribution in [0.25, 0.3) is 0 Å². The number of nitrogens with one attached hydrogen (secondary N) is 2. The van der Waals surface area contributed by atoms with Crippen LogP contribution >= 0.6 is 0 Å². The number of anilines is 1. The molecule has 1 atom stereocenters. The van der Waals surface area contributed by atoms with Crippen molar-refractivity contribution >= 4 is 17.5 Å². The third-order valence-electron chi connectivity index (χ3n) is 4.26. The van der Waals surface area contributed by atoms with Crippen LogP contribution in [0.15, 0.2) is 48.5 Å². The van der Waals surface area contributed by atoms with Gasteiger partial charge in [-0.3, -0.25) is 9.59 Å². The number of benzene rings is 2. The Labute approximate surface area is 161 Å². The van der Waals surface area contributed by atoms with Crippen molar-refractivity contribution in [3.63, 3.8) is 0 Å². The lowest BCUT2D eigenvalue weighted by Gasteiger charge is -2.12. The van der Waals surface area contributed by atoms with Gasteiger partial charge in [0.1, 0.15) is 5.75 Å². The lowest BCUT2D eigenvalue weighted by Crippen LogP contribution is -2.31. The van der Waals surface area contributed by atoms with Gasteiger partial charge in [0.15, 0.2) is 0 Å². The third kappa shape index (κ3) is 6.44. The lowest BCUT2D eigenvalue weighted by atomic mass is 10.1. The molecule has 0 aliphatic heterocycles. The summed E-state index contributed by atoms with van der Waals surface area (Å²) in [6.07, 6.45) is 2.92. The molecule has 5 heteroatoms. The molecule has 2 rings (SSSR count). The number of amides is 2. The molecule has 0 aliphatic carbocycles. The molecule has 0 saturated heterocycles. The van der Waals surface area contributed by atoms with Gasteiger partial charge in [-0.15, -0.1) is 0 Å². The zero-order valence-electron chi connectivity index (χ0n) is 16.2. The van der Waals surface area contributed by atoms with Gasteiger partial charge >= 0.3 is 0 Å². The van der Waals surface area contributed by atoms with Crippen LogP contribution in [0.2, 0.25) is 0 Å². The Morgan fingerprint density at radius 1 is 1.00 bits per heavy atom.